The fourth-order valence-corrected chi connectivity index (χ4v) is 2.65. The summed E-state index contributed by atoms with van der Waals surface area (Å²) in [5, 5.41) is 7.90. The van der Waals surface area contributed by atoms with E-state index in [9.17, 15) is 0 Å². The number of hydrogen-bond donors (Lipinski definition) is 1. The SMILES string of the molecule is CCNC(Cc1ncnn1C(C)C)c1ccncc1CC. The molecule has 114 valence electrons. The highest BCUT2D eigenvalue weighted by Crippen LogP contribution is 2.22. The van der Waals surface area contributed by atoms with Gasteiger partial charge < -0.3 is 5.32 Å². The predicted molar refractivity (Wildman–Crippen MR) is 84.1 cm³/mol. The van der Waals surface area contributed by atoms with E-state index in [0.717, 1.165) is 25.2 Å². The molecule has 1 N–H and O–H groups in total. The molecular formula is C16H25N5. The molecule has 0 amide bonds. The number of nitrogens with one attached hydrogen (secondary N) is 1. The van der Waals surface area contributed by atoms with E-state index in [1.165, 1.54) is 11.1 Å². The lowest BCUT2D eigenvalue weighted by Crippen LogP contribution is -2.26. The van der Waals surface area contributed by atoms with Crippen LogP contribution in [-0.4, -0.2) is 26.3 Å². The third-order valence-electron chi connectivity index (χ3n) is 3.67. The number of nitrogens with zero attached hydrogens (tertiary/aromatic N) is 4. The van der Waals surface area contributed by atoms with Gasteiger partial charge >= 0.3 is 0 Å². The quantitative estimate of drug-likeness (QED) is 0.850. The minimum Gasteiger partial charge on any atom is -0.310 e. The van der Waals surface area contributed by atoms with Crippen LogP contribution in [0.2, 0.25) is 0 Å². The van der Waals surface area contributed by atoms with Crippen molar-refractivity contribution in [1.29, 1.82) is 0 Å². The first kappa shape index (κ1) is 15.6. The molecule has 0 saturated carbocycles. The molecule has 1 atom stereocenters. The number of pyridine rings is 1. The number of likely N-dealkylation sites (N-methyl/N-ethyl adjacent to an activating group) is 1. The highest BCUT2D eigenvalue weighted by Gasteiger charge is 2.18. The van der Waals surface area contributed by atoms with Crippen molar-refractivity contribution in [2.75, 3.05) is 6.54 Å². The predicted octanol–water partition coefficient (Wildman–Crippen LogP) is 2.71. The average molecular weight is 287 g/mol. The van der Waals surface area contributed by atoms with Gasteiger partial charge in [-0.25, -0.2) is 9.67 Å². The molecule has 0 radical (unpaired) electrons. The minimum absolute atomic E-state index is 0.245. The summed E-state index contributed by atoms with van der Waals surface area (Å²) in [6.45, 7) is 9.48. The maximum Gasteiger partial charge on any atom is 0.138 e. The zero-order chi connectivity index (χ0) is 15.2. The third kappa shape index (κ3) is 3.67. The number of rotatable bonds is 7. The first-order chi connectivity index (χ1) is 10.2. The van der Waals surface area contributed by atoms with E-state index < -0.39 is 0 Å². The molecule has 0 bridgehead atoms. The van der Waals surface area contributed by atoms with Crippen molar-refractivity contribution in [3.63, 3.8) is 0 Å². The van der Waals surface area contributed by atoms with Crippen LogP contribution < -0.4 is 5.32 Å². The van der Waals surface area contributed by atoms with Gasteiger partial charge in [-0.3, -0.25) is 4.98 Å². The van der Waals surface area contributed by atoms with Crippen molar-refractivity contribution >= 4 is 0 Å². The van der Waals surface area contributed by atoms with E-state index in [1.54, 1.807) is 6.33 Å². The Morgan fingerprint density at radius 2 is 2.10 bits per heavy atom. The molecule has 0 spiro atoms. The summed E-state index contributed by atoms with van der Waals surface area (Å²) in [4.78, 5) is 8.68. The summed E-state index contributed by atoms with van der Waals surface area (Å²) < 4.78 is 2.00. The molecule has 0 aliphatic carbocycles. The van der Waals surface area contributed by atoms with Gasteiger partial charge in [0, 0.05) is 30.9 Å². The second kappa shape index (κ2) is 7.31. The molecule has 5 heteroatoms. The molecule has 5 nitrogen and oxygen atoms in total. The molecular weight excluding hydrogens is 262 g/mol. The van der Waals surface area contributed by atoms with Gasteiger partial charge in [-0.2, -0.15) is 5.10 Å². The van der Waals surface area contributed by atoms with Gasteiger partial charge in [0.05, 0.1) is 0 Å². The highest BCUT2D eigenvalue weighted by atomic mass is 15.3. The first-order valence-electron chi connectivity index (χ1n) is 7.71. The van der Waals surface area contributed by atoms with E-state index >= 15 is 0 Å². The molecule has 2 heterocycles. The van der Waals surface area contributed by atoms with Crippen LogP contribution >= 0.6 is 0 Å². The Hall–Kier alpha value is -1.75. The van der Waals surface area contributed by atoms with Crippen molar-refractivity contribution in [3.05, 3.63) is 41.7 Å². The second-order valence-electron chi connectivity index (χ2n) is 5.46. The molecule has 0 aliphatic rings. The van der Waals surface area contributed by atoms with Gasteiger partial charge in [-0.15, -0.1) is 0 Å². The van der Waals surface area contributed by atoms with Crippen LogP contribution in [-0.2, 0) is 12.8 Å². The smallest absolute Gasteiger partial charge is 0.138 e. The summed E-state index contributed by atoms with van der Waals surface area (Å²) in [6, 6.07) is 2.69. The monoisotopic (exact) mass is 287 g/mol. The van der Waals surface area contributed by atoms with E-state index in [-0.39, 0.29) is 6.04 Å². The topological polar surface area (TPSA) is 55.6 Å². The van der Waals surface area contributed by atoms with E-state index in [1.807, 2.05) is 17.1 Å². The Kier molecular flexibility index (Phi) is 5.44. The number of aromatic nitrogens is 4. The van der Waals surface area contributed by atoms with Crippen LogP contribution in [0.15, 0.2) is 24.8 Å². The Balaban J connectivity index is 2.29. The molecule has 2 rings (SSSR count). The first-order valence-corrected chi connectivity index (χ1v) is 7.71. The van der Waals surface area contributed by atoms with Crippen molar-refractivity contribution in [3.8, 4) is 0 Å². The normalized spacial score (nSPS) is 12.8. The fourth-order valence-electron chi connectivity index (χ4n) is 2.65. The summed E-state index contributed by atoms with van der Waals surface area (Å²) in [5.74, 6) is 1.02. The fraction of sp³-hybridized carbons (Fsp3) is 0.562. The van der Waals surface area contributed by atoms with Gasteiger partial charge in [0.1, 0.15) is 12.2 Å². The van der Waals surface area contributed by atoms with E-state index in [2.05, 4.69) is 54.1 Å². The third-order valence-corrected chi connectivity index (χ3v) is 3.67. The van der Waals surface area contributed by atoms with Crippen molar-refractivity contribution in [2.45, 2.75) is 52.6 Å². The molecule has 21 heavy (non-hydrogen) atoms. The maximum atomic E-state index is 4.44. The lowest BCUT2D eigenvalue weighted by molar-refractivity contribution is 0.467. The zero-order valence-corrected chi connectivity index (χ0v) is 13.4. The molecule has 1 unspecified atom stereocenters. The summed E-state index contributed by atoms with van der Waals surface area (Å²) in [5.41, 5.74) is 2.60. The second-order valence-corrected chi connectivity index (χ2v) is 5.46. The summed E-state index contributed by atoms with van der Waals surface area (Å²) in [7, 11) is 0. The Morgan fingerprint density at radius 3 is 2.76 bits per heavy atom. The number of aryl methyl sites for hydroxylation is 1. The zero-order valence-electron chi connectivity index (χ0n) is 13.4. The largest absolute Gasteiger partial charge is 0.310 e. The number of hydrogen-bond acceptors (Lipinski definition) is 4. The maximum absolute atomic E-state index is 4.44. The van der Waals surface area contributed by atoms with Crippen LogP contribution in [0.5, 0.6) is 0 Å². The molecule has 0 aromatic carbocycles. The van der Waals surface area contributed by atoms with Gasteiger partial charge in [-0.1, -0.05) is 13.8 Å². The average Bonchev–Trinajstić information content (AvgIpc) is 2.95. The van der Waals surface area contributed by atoms with Gasteiger partial charge in [0.15, 0.2) is 0 Å². The molecule has 0 aliphatic heterocycles. The van der Waals surface area contributed by atoms with E-state index in [0.29, 0.717) is 6.04 Å². The van der Waals surface area contributed by atoms with Gasteiger partial charge in [-0.05, 0) is 44.0 Å². The standard InChI is InChI=1S/C16H25N5/c1-5-13-10-17-8-7-14(13)15(18-6-2)9-16-19-11-20-21(16)12(3)4/h7-8,10-12,15,18H,5-6,9H2,1-4H3. The van der Waals surface area contributed by atoms with Crippen LogP contribution in [0.25, 0.3) is 0 Å². The summed E-state index contributed by atoms with van der Waals surface area (Å²) in [6.07, 6.45) is 7.30. The Labute approximate surface area is 126 Å². The van der Waals surface area contributed by atoms with Gasteiger partial charge in [0.25, 0.3) is 0 Å². The molecule has 2 aromatic heterocycles. The highest BCUT2D eigenvalue weighted by molar-refractivity contribution is 5.27. The van der Waals surface area contributed by atoms with Crippen LogP contribution in [0.1, 0.15) is 56.7 Å². The van der Waals surface area contributed by atoms with Crippen molar-refractivity contribution < 1.29 is 0 Å². The van der Waals surface area contributed by atoms with Crippen LogP contribution in [0.4, 0.5) is 0 Å². The Bertz CT molecular complexity index is 561. The van der Waals surface area contributed by atoms with Crippen molar-refractivity contribution in [2.24, 2.45) is 0 Å². The lowest BCUT2D eigenvalue weighted by atomic mass is 9.98. The summed E-state index contributed by atoms with van der Waals surface area (Å²) >= 11 is 0. The molecule has 0 saturated heterocycles. The van der Waals surface area contributed by atoms with Crippen LogP contribution in [0, 0.1) is 0 Å². The lowest BCUT2D eigenvalue weighted by Gasteiger charge is -2.21. The minimum atomic E-state index is 0.245. The molecule has 2 aromatic rings. The van der Waals surface area contributed by atoms with Crippen molar-refractivity contribution in [1.82, 2.24) is 25.1 Å². The van der Waals surface area contributed by atoms with Crippen LogP contribution in [0.3, 0.4) is 0 Å². The van der Waals surface area contributed by atoms with Gasteiger partial charge in [0.2, 0.25) is 0 Å². The Morgan fingerprint density at radius 1 is 1.29 bits per heavy atom. The molecule has 0 fully saturated rings. The van der Waals surface area contributed by atoms with E-state index in [4.69, 9.17) is 0 Å².